The molecule has 5 rings (SSSR count). The van der Waals surface area contributed by atoms with Gasteiger partial charge in [-0.05, 0) is 54.1 Å². The summed E-state index contributed by atoms with van der Waals surface area (Å²) in [5, 5.41) is 7.52. The van der Waals surface area contributed by atoms with Crippen LogP contribution in [0.2, 0.25) is 0 Å². The zero-order valence-corrected chi connectivity index (χ0v) is 20.0. The van der Waals surface area contributed by atoms with Crippen molar-refractivity contribution in [1.82, 2.24) is 9.97 Å². The summed E-state index contributed by atoms with van der Waals surface area (Å²) in [5.41, 5.74) is 6.07. The topological polar surface area (TPSA) is 88.3 Å². The van der Waals surface area contributed by atoms with E-state index in [9.17, 15) is 4.79 Å². The third-order valence-electron chi connectivity index (χ3n) is 5.97. The van der Waals surface area contributed by atoms with Gasteiger partial charge in [-0.1, -0.05) is 18.2 Å². The summed E-state index contributed by atoms with van der Waals surface area (Å²) in [6.07, 6.45) is 5.64. The van der Waals surface area contributed by atoms with E-state index in [4.69, 9.17) is 9.47 Å². The van der Waals surface area contributed by atoms with Gasteiger partial charge >= 0.3 is 0 Å². The SMILES string of the molecule is COc1ccc(-c2cc(NC(=O)Cc3c[nH]c4ccccc34)ccc2Nc2cccnc2)c(OC)c1. The number of carbonyl (C=O) groups excluding carboxylic acids is 1. The first-order valence-electron chi connectivity index (χ1n) is 11.5. The molecule has 3 aromatic carbocycles. The van der Waals surface area contributed by atoms with E-state index in [0.717, 1.165) is 39.0 Å². The van der Waals surface area contributed by atoms with Crippen LogP contribution >= 0.6 is 0 Å². The molecule has 36 heavy (non-hydrogen) atoms. The van der Waals surface area contributed by atoms with Crippen molar-refractivity contribution >= 4 is 33.9 Å². The lowest BCUT2D eigenvalue weighted by Crippen LogP contribution is -2.14. The molecule has 7 nitrogen and oxygen atoms in total. The number of amides is 1. The molecule has 2 heterocycles. The summed E-state index contributed by atoms with van der Waals surface area (Å²) in [5.74, 6) is 1.26. The highest BCUT2D eigenvalue weighted by molar-refractivity contribution is 5.97. The fraction of sp³-hybridized carbons (Fsp3) is 0.103. The van der Waals surface area contributed by atoms with Crippen molar-refractivity contribution in [2.45, 2.75) is 6.42 Å². The highest BCUT2D eigenvalue weighted by Gasteiger charge is 2.15. The average Bonchev–Trinajstić information content (AvgIpc) is 3.32. The van der Waals surface area contributed by atoms with Crippen LogP contribution in [0.4, 0.5) is 17.1 Å². The number of carbonyl (C=O) groups is 1. The molecule has 0 saturated heterocycles. The first-order chi connectivity index (χ1) is 17.6. The highest BCUT2D eigenvalue weighted by Crippen LogP contribution is 2.39. The van der Waals surface area contributed by atoms with E-state index >= 15 is 0 Å². The smallest absolute Gasteiger partial charge is 0.228 e. The number of aromatic amines is 1. The van der Waals surface area contributed by atoms with Gasteiger partial charge in [-0.2, -0.15) is 0 Å². The highest BCUT2D eigenvalue weighted by atomic mass is 16.5. The number of aromatic nitrogens is 2. The molecule has 3 N–H and O–H groups in total. The molecular formula is C29H26N4O3. The van der Waals surface area contributed by atoms with Crippen LogP contribution in [0.1, 0.15) is 5.56 Å². The molecular weight excluding hydrogens is 452 g/mol. The van der Waals surface area contributed by atoms with Crippen molar-refractivity contribution in [1.29, 1.82) is 0 Å². The third kappa shape index (κ3) is 4.86. The second-order valence-electron chi connectivity index (χ2n) is 8.28. The maximum atomic E-state index is 13.0. The van der Waals surface area contributed by atoms with Crippen LogP contribution in [0.25, 0.3) is 22.0 Å². The monoisotopic (exact) mass is 478 g/mol. The predicted molar refractivity (Wildman–Crippen MR) is 143 cm³/mol. The molecule has 0 spiro atoms. The average molecular weight is 479 g/mol. The van der Waals surface area contributed by atoms with E-state index in [2.05, 4.69) is 20.6 Å². The summed E-state index contributed by atoms with van der Waals surface area (Å²) in [4.78, 5) is 20.4. The van der Waals surface area contributed by atoms with Gasteiger partial charge in [0.25, 0.3) is 0 Å². The second-order valence-corrected chi connectivity index (χ2v) is 8.28. The van der Waals surface area contributed by atoms with E-state index in [-0.39, 0.29) is 12.3 Å². The van der Waals surface area contributed by atoms with Crippen molar-refractivity contribution < 1.29 is 14.3 Å². The van der Waals surface area contributed by atoms with Crippen LogP contribution in [0.15, 0.2) is 91.4 Å². The Morgan fingerprint density at radius 1 is 0.917 bits per heavy atom. The molecule has 0 saturated carbocycles. The molecule has 180 valence electrons. The maximum absolute atomic E-state index is 13.0. The Hall–Kier alpha value is -4.78. The molecule has 0 atom stereocenters. The van der Waals surface area contributed by atoms with Gasteiger partial charge in [0.05, 0.1) is 32.5 Å². The Balaban J connectivity index is 1.47. The minimum absolute atomic E-state index is 0.0969. The van der Waals surface area contributed by atoms with Crippen LogP contribution in [-0.4, -0.2) is 30.1 Å². The molecule has 0 aliphatic heterocycles. The molecule has 7 heteroatoms. The number of ether oxygens (including phenoxy) is 2. The van der Waals surface area contributed by atoms with Gasteiger partial charge in [0.15, 0.2) is 0 Å². The number of nitrogens with one attached hydrogen (secondary N) is 3. The van der Waals surface area contributed by atoms with E-state index in [1.807, 2.05) is 79.0 Å². The quantitative estimate of drug-likeness (QED) is 0.248. The van der Waals surface area contributed by atoms with E-state index < -0.39 is 0 Å². The first kappa shape index (κ1) is 23.0. The number of rotatable bonds is 8. The Morgan fingerprint density at radius 3 is 2.61 bits per heavy atom. The van der Waals surface area contributed by atoms with Crippen molar-refractivity contribution in [3.05, 3.63) is 97.0 Å². The van der Waals surface area contributed by atoms with Crippen molar-refractivity contribution in [3.63, 3.8) is 0 Å². The number of pyridine rings is 1. The Kier molecular flexibility index (Phi) is 6.53. The number of anilines is 3. The number of benzene rings is 3. The largest absolute Gasteiger partial charge is 0.497 e. The lowest BCUT2D eigenvalue weighted by Gasteiger charge is -2.17. The molecule has 0 fully saturated rings. The molecule has 1 amide bonds. The number of nitrogens with zero attached hydrogens (tertiary/aromatic N) is 1. The summed E-state index contributed by atoms with van der Waals surface area (Å²) >= 11 is 0. The van der Waals surface area contributed by atoms with Gasteiger partial charge in [0, 0.05) is 51.9 Å². The van der Waals surface area contributed by atoms with E-state index in [0.29, 0.717) is 17.2 Å². The van der Waals surface area contributed by atoms with Crippen molar-refractivity contribution in [2.75, 3.05) is 24.9 Å². The number of H-pyrrole nitrogens is 1. The van der Waals surface area contributed by atoms with Gasteiger partial charge in [-0.25, -0.2) is 0 Å². The van der Waals surface area contributed by atoms with Crippen molar-refractivity contribution in [3.8, 4) is 22.6 Å². The fourth-order valence-corrected chi connectivity index (χ4v) is 4.22. The van der Waals surface area contributed by atoms with Crippen LogP contribution in [0.5, 0.6) is 11.5 Å². The molecule has 0 bridgehead atoms. The fourth-order valence-electron chi connectivity index (χ4n) is 4.22. The maximum Gasteiger partial charge on any atom is 0.228 e. The van der Waals surface area contributed by atoms with Gasteiger partial charge in [-0.15, -0.1) is 0 Å². The van der Waals surface area contributed by atoms with Gasteiger partial charge in [0.1, 0.15) is 11.5 Å². The molecule has 2 aromatic heterocycles. The summed E-state index contributed by atoms with van der Waals surface area (Å²) in [6, 6.07) is 23.2. The van der Waals surface area contributed by atoms with E-state index in [1.165, 1.54) is 0 Å². The number of methoxy groups -OCH3 is 2. The summed E-state index contributed by atoms with van der Waals surface area (Å²) in [7, 11) is 3.24. The van der Waals surface area contributed by atoms with Gasteiger partial charge in [-0.3, -0.25) is 9.78 Å². The molecule has 5 aromatic rings. The lowest BCUT2D eigenvalue weighted by atomic mass is 10.0. The van der Waals surface area contributed by atoms with Gasteiger partial charge in [0.2, 0.25) is 5.91 Å². The minimum atomic E-state index is -0.0969. The molecule has 0 unspecified atom stereocenters. The minimum Gasteiger partial charge on any atom is -0.497 e. The summed E-state index contributed by atoms with van der Waals surface area (Å²) < 4.78 is 11.0. The van der Waals surface area contributed by atoms with Gasteiger partial charge < -0.3 is 25.1 Å². The predicted octanol–water partition coefficient (Wildman–Crippen LogP) is 6.17. The summed E-state index contributed by atoms with van der Waals surface area (Å²) in [6.45, 7) is 0. The number of fused-ring (bicyclic) bond motifs is 1. The van der Waals surface area contributed by atoms with Crippen molar-refractivity contribution in [2.24, 2.45) is 0 Å². The van der Waals surface area contributed by atoms with E-state index in [1.54, 1.807) is 26.6 Å². The standard InChI is InChI=1S/C29H26N4O3/c1-35-22-10-11-24(28(16-22)36-2)25-15-20(9-12-27(25)32-21-6-5-13-30-18-21)33-29(34)14-19-17-31-26-8-4-3-7-23(19)26/h3-13,15-18,31-32H,14H2,1-2H3,(H,33,34). The number of hydrogen-bond acceptors (Lipinski definition) is 5. The molecule has 0 aliphatic rings. The third-order valence-corrected chi connectivity index (χ3v) is 5.97. The Morgan fingerprint density at radius 2 is 1.81 bits per heavy atom. The van der Waals surface area contributed by atoms with Crippen LogP contribution in [0.3, 0.4) is 0 Å². The number of hydrogen-bond donors (Lipinski definition) is 3. The Labute approximate surface area is 209 Å². The lowest BCUT2D eigenvalue weighted by molar-refractivity contribution is -0.115. The number of para-hydroxylation sites is 1. The van der Waals surface area contributed by atoms with Crippen LogP contribution < -0.4 is 20.1 Å². The molecule has 0 radical (unpaired) electrons. The van der Waals surface area contributed by atoms with Crippen LogP contribution in [-0.2, 0) is 11.2 Å². The zero-order chi connectivity index (χ0) is 24.9. The molecule has 0 aliphatic carbocycles. The van der Waals surface area contributed by atoms with Crippen LogP contribution in [0, 0.1) is 0 Å². The Bertz CT molecular complexity index is 1510. The normalized spacial score (nSPS) is 10.7. The first-order valence-corrected chi connectivity index (χ1v) is 11.5. The zero-order valence-electron chi connectivity index (χ0n) is 20.0. The second kappa shape index (κ2) is 10.2.